The highest BCUT2D eigenvalue weighted by Crippen LogP contribution is 2.67. The van der Waals surface area contributed by atoms with E-state index in [2.05, 4.69) is 6.92 Å². The Kier molecular flexibility index (Phi) is 8.17. The van der Waals surface area contributed by atoms with Crippen molar-refractivity contribution in [1.82, 2.24) is 4.90 Å². The molecule has 4 aliphatic carbocycles. The number of methoxy groups -OCH3 is 1. The molecule has 9 atom stereocenters. The van der Waals surface area contributed by atoms with Crippen LogP contribution in [0.2, 0.25) is 0 Å². The summed E-state index contributed by atoms with van der Waals surface area (Å²) in [5.41, 5.74) is -1.83. The van der Waals surface area contributed by atoms with Crippen LogP contribution >= 0.6 is 0 Å². The molecule has 4 fully saturated rings. The third-order valence-electron chi connectivity index (χ3n) is 11.5. The molecule has 0 bridgehead atoms. The Labute approximate surface area is 245 Å². The van der Waals surface area contributed by atoms with Gasteiger partial charge in [0.05, 0.1) is 25.7 Å². The van der Waals surface area contributed by atoms with Crippen LogP contribution < -0.4 is 0 Å². The number of amides is 1. The van der Waals surface area contributed by atoms with Crippen molar-refractivity contribution < 1.29 is 48.8 Å². The number of fused-ring (bicyclic) bond motifs is 5. The zero-order chi connectivity index (χ0) is 30.6. The molecule has 5 rings (SSSR count). The topological polar surface area (TPSA) is 168 Å². The number of nitrogens with zero attached hydrogens (tertiary/aromatic N) is 1. The number of carbonyl (C=O) groups excluding carboxylic acids is 5. The minimum Gasteiger partial charge on any atom is -0.467 e. The lowest BCUT2D eigenvalue weighted by Gasteiger charge is -2.60. The number of rotatable bonds is 7. The van der Waals surface area contributed by atoms with Crippen LogP contribution in [-0.4, -0.2) is 93.7 Å². The zero-order valence-corrected chi connectivity index (χ0v) is 24.7. The SMILES string of the molecule is COC(=O)[C@H]1C[C@H](O)CN1C(=O)CCC(=O)OCC(=O)[C@@]1(O)CC[C@H]2[C@@H]3CCC4=CC(=O)CC[C@]4(C)[C@H]3[C@@H](O)C[C@@]21C. The largest absolute Gasteiger partial charge is 0.467 e. The van der Waals surface area contributed by atoms with Crippen molar-refractivity contribution in [2.75, 3.05) is 20.3 Å². The summed E-state index contributed by atoms with van der Waals surface area (Å²) in [6, 6.07) is -0.916. The predicted molar refractivity (Wildman–Crippen MR) is 146 cm³/mol. The Balaban J connectivity index is 1.20. The van der Waals surface area contributed by atoms with Crippen LogP contribution in [0.15, 0.2) is 11.6 Å². The quantitative estimate of drug-likeness (QED) is 0.368. The van der Waals surface area contributed by atoms with Gasteiger partial charge in [0.2, 0.25) is 11.7 Å². The predicted octanol–water partition coefficient (Wildman–Crippen LogP) is 1.25. The Morgan fingerprint density at radius 3 is 2.52 bits per heavy atom. The van der Waals surface area contributed by atoms with Gasteiger partial charge in [0, 0.05) is 31.2 Å². The molecular formula is C31H43NO10. The number of Topliss-reactive ketones (excluding diaryl/α,β-unsaturated/α-hetero) is 1. The zero-order valence-electron chi connectivity index (χ0n) is 24.7. The maximum absolute atomic E-state index is 13.5. The van der Waals surface area contributed by atoms with E-state index in [-0.39, 0.29) is 67.6 Å². The monoisotopic (exact) mass is 589 g/mol. The molecule has 1 saturated heterocycles. The van der Waals surface area contributed by atoms with Gasteiger partial charge in [-0.2, -0.15) is 0 Å². The second-order valence-electron chi connectivity index (χ2n) is 13.5. The van der Waals surface area contributed by atoms with Crippen molar-refractivity contribution >= 4 is 29.4 Å². The van der Waals surface area contributed by atoms with Crippen molar-refractivity contribution in [3.8, 4) is 0 Å². The van der Waals surface area contributed by atoms with Crippen LogP contribution in [0.1, 0.15) is 78.1 Å². The van der Waals surface area contributed by atoms with Crippen molar-refractivity contribution in [2.45, 2.75) is 102 Å². The molecule has 0 aromatic carbocycles. The van der Waals surface area contributed by atoms with Gasteiger partial charge in [-0.3, -0.25) is 19.2 Å². The lowest BCUT2D eigenvalue weighted by Crippen LogP contribution is -2.62. The molecule has 1 aliphatic heterocycles. The van der Waals surface area contributed by atoms with Gasteiger partial charge in [-0.15, -0.1) is 0 Å². The maximum Gasteiger partial charge on any atom is 0.328 e. The molecule has 42 heavy (non-hydrogen) atoms. The van der Waals surface area contributed by atoms with Crippen LogP contribution in [0.5, 0.6) is 0 Å². The van der Waals surface area contributed by atoms with E-state index in [4.69, 9.17) is 9.47 Å². The molecule has 0 unspecified atom stereocenters. The summed E-state index contributed by atoms with van der Waals surface area (Å²) >= 11 is 0. The van der Waals surface area contributed by atoms with Gasteiger partial charge in [0.15, 0.2) is 12.4 Å². The number of ketones is 2. The first-order valence-electron chi connectivity index (χ1n) is 15.1. The van der Waals surface area contributed by atoms with Crippen LogP contribution in [0.3, 0.4) is 0 Å². The first kappa shape index (κ1) is 30.8. The van der Waals surface area contributed by atoms with Gasteiger partial charge in [-0.05, 0) is 67.8 Å². The average molecular weight is 590 g/mol. The minimum atomic E-state index is -1.77. The Morgan fingerprint density at radius 2 is 1.81 bits per heavy atom. The van der Waals surface area contributed by atoms with Gasteiger partial charge >= 0.3 is 11.9 Å². The molecule has 0 aromatic rings. The standard InChI is InChI=1S/C31H43NO10/c1-29-10-8-18(33)12-17(29)4-5-20-21-9-11-31(40,30(21,2)14-23(35)27(20)29)24(36)16-42-26(38)7-6-25(37)32-15-19(34)13-22(32)28(39)41-3/h12,19-23,27,34-35,40H,4-11,13-16H2,1-3H3/t19-,20-,21-,22+,23-,27+,29-,30-,31-/m0/s1. The van der Waals surface area contributed by atoms with Gasteiger partial charge in [0.1, 0.15) is 11.6 Å². The Hall–Kier alpha value is -2.63. The van der Waals surface area contributed by atoms with Crippen molar-refractivity contribution in [3.63, 3.8) is 0 Å². The number of ether oxygens (including phenoxy) is 2. The van der Waals surface area contributed by atoms with Gasteiger partial charge < -0.3 is 29.7 Å². The van der Waals surface area contributed by atoms with Crippen LogP contribution in [0, 0.1) is 28.6 Å². The first-order chi connectivity index (χ1) is 19.7. The van der Waals surface area contributed by atoms with Crippen LogP contribution in [0.4, 0.5) is 0 Å². The van der Waals surface area contributed by atoms with E-state index >= 15 is 0 Å². The fraction of sp³-hybridized carbons (Fsp3) is 0.774. The van der Waals surface area contributed by atoms with E-state index in [1.54, 1.807) is 6.08 Å². The molecule has 1 heterocycles. The highest BCUT2D eigenvalue weighted by Gasteiger charge is 2.68. The summed E-state index contributed by atoms with van der Waals surface area (Å²) in [6.45, 7) is 3.33. The van der Waals surface area contributed by atoms with E-state index in [1.807, 2.05) is 6.92 Å². The summed E-state index contributed by atoms with van der Waals surface area (Å²) < 4.78 is 9.90. The van der Waals surface area contributed by atoms with Gasteiger partial charge in [-0.1, -0.05) is 19.4 Å². The highest BCUT2D eigenvalue weighted by molar-refractivity contribution is 5.92. The number of aliphatic hydroxyl groups is 3. The van der Waals surface area contributed by atoms with Crippen LogP contribution in [0.25, 0.3) is 0 Å². The smallest absolute Gasteiger partial charge is 0.328 e. The number of aliphatic hydroxyl groups excluding tert-OH is 2. The van der Waals surface area contributed by atoms with E-state index in [0.717, 1.165) is 18.4 Å². The van der Waals surface area contributed by atoms with E-state index in [0.29, 0.717) is 19.3 Å². The Morgan fingerprint density at radius 1 is 1.07 bits per heavy atom. The van der Waals surface area contributed by atoms with Gasteiger partial charge in [-0.25, -0.2) is 4.79 Å². The summed E-state index contributed by atoms with van der Waals surface area (Å²) in [4.78, 5) is 63.8. The number of allylic oxidation sites excluding steroid dienone is 1. The molecule has 3 N–H and O–H groups in total. The maximum atomic E-state index is 13.5. The first-order valence-corrected chi connectivity index (χ1v) is 15.1. The third-order valence-corrected chi connectivity index (χ3v) is 11.5. The summed E-state index contributed by atoms with van der Waals surface area (Å²) in [5, 5.41) is 33.2. The summed E-state index contributed by atoms with van der Waals surface area (Å²) in [5.74, 6) is -2.37. The summed E-state index contributed by atoms with van der Waals surface area (Å²) in [7, 11) is 1.19. The second kappa shape index (κ2) is 11.1. The molecule has 1 amide bonds. The highest BCUT2D eigenvalue weighted by atomic mass is 16.5. The number of carbonyl (C=O) groups is 5. The molecule has 0 aromatic heterocycles. The molecule has 11 nitrogen and oxygen atoms in total. The normalized spacial score (nSPS) is 40.9. The molecule has 0 radical (unpaired) electrons. The third kappa shape index (κ3) is 4.91. The molecule has 11 heteroatoms. The minimum absolute atomic E-state index is 0.00254. The number of esters is 2. The molecular weight excluding hydrogens is 546 g/mol. The number of hydrogen-bond acceptors (Lipinski definition) is 10. The molecule has 0 spiro atoms. The van der Waals surface area contributed by atoms with E-state index in [9.17, 15) is 39.3 Å². The van der Waals surface area contributed by atoms with Crippen molar-refractivity contribution in [3.05, 3.63) is 11.6 Å². The number of likely N-dealkylation sites (tertiary alicyclic amines) is 1. The van der Waals surface area contributed by atoms with Crippen LogP contribution in [-0.2, 0) is 33.4 Å². The lowest BCUT2D eigenvalue weighted by atomic mass is 9.45. The lowest BCUT2D eigenvalue weighted by molar-refractivity contribution is -0.184. The van der Waals surface area contributed by atoms with E-state index < -0.39 is 59.5 Å². The fourth-order valence-corrected chi connectivity index (χ4v) is 9.29. The fourth-order valence-electron chi connectivity index (χ4n) is 9.29. The second-order valence-corrected chi connectivity index (χ2v) is 13.5. The van der Waals surface area contributed by atoms with Gasteiger partial charge in [0.25, 0.3) is 0 Å². The van der Waals surface area contributed by atoms with Crippen molar-refractivity contribution in [1.29, 1.82) is 0 Å². The van der Waals surface area contributed by atoms with Crippen molar-refractivity contribution in [2.24, 2.45) is 28.6 Å². The molecule has 232 valence electrons. The molecule has 3 saturated carbocycles. The van der Waals surface area contributed by atoms with E-state index in [1.165, 1.54) is 12.0 Å². The number of hydrogen-bond donors (Lipinski definition) is 3. The Bertz CT molecular complexity index is 1200. The average Bonchev–Trinajstić information content (AvgIpc) is 3.47. The summed E-state index contributed by atoms with van der Waals surface area (Å²) in [6.07, 6.45) is 3.39. The molecule has 5 aliphatic rings. The number of β-amino-alcohol motifs (C(OH)–C–C–N with tert-alkyl or cyclic N) is 1.